The van der Waals surface area contributed by atoms with Crippen LogP contribution in [-0.4, -0.2) is 25.9 Å². The number of anilines is 1. The molecule has 25 heavy (non-hydrogen) atoms. The van der Waals surface area contributed by atoms with Crippen molar-refractivity contribution in [3.05, 3.63) is 52.0 Å². The lowest BCUT2D eigenvalue weighted by molar-refractivity contribution is 0.389. The smallest absolute Gasteiger partial charge is 0.129 e. The van der Waals surface area contributed by atoms with Crippen molar-refractivity contribution in [3.8, 4) is 5.75 Å². The van der Waals surface area contributed by atoms with Gasteiger partial charge in [0, 0.05) is 40.6 Å². The van der Waals surface area contributed by atoms with E-state index in [0.717, 1.165) is 27.9 Å². The van der Waals surface area contributed by atoms with Crippen molar-refractivity contribution >= 4 is 33.5 Å². The number of benzene rings is 2. The Morgan fingerprint density at radius 3 is 2.68 bits per heavy atom. The summed E-state index contributed by atoms with van der Waals surface area (Å²) < 4.78 is 6.64. The van der Waals surface area contributed by atoms with E-state index in [1.54, 1.807) is 7.11 Å². The number of para-hydroxylation sites is 1. The van der Waals surface area contributed by atoms with Crippen LogP contribution in [0.4, 0.5) is 11.4 Å². The second-order valence-electron chi connectivity index (χ2n) is 7.34. The average Bonchev–Trinajstić information content (AvgIpc) is 2.58. The van der Waals surface area contributed by atoms with Crippen LogP contribution in [0.15, 0.2) is 45.9 Å². The predicted molar refractivity (Wildman–Crippen MR) is 110 cm³/mol. The van der Waals surface area contributed by atoms with Crippen LogP contribution in [0.5, 0.6) is 5.75 Å². The van der Waals surface area contributed by atoms with E-state index in [-0.39, 0.29) is 5.54 Å². The number of rotatable bonds is 3. The zero-order chi connectivity index (χ0) is 18.2. The molecule has 1 atom stereocenters. The first-order valence-electron chi connectivity index (χ1n) is 8.58. The third-order valence-corrected chi connectivity index (χ3v) is 5.85. The maximum Gasteiger partial charge on any atom is 0.129 e. The molecule has 2 aromatic rings. The molecule has 1 aliphatic heterocycles. The molecule has 3 rings (SSSR count). The van der Waals surface area contributed by atoms with Crippen LogP contribution in [0.1, 0.15) is 44.2 Å². The fraction of sp³-hybridized carbons (Fsp3) is 0.381. The van der Waals surface area contributed by atoms with Crippen molar-refractivity contribution in [3.63, 3.8) is 0 Å². The minimum absolute atomic E-state index is 0.141. The number of hydrogen-bond acceptors (Lipinski definition) is 3. The Kier molecular flexibility index (Phi) is 4.92. The molecule has 4 heteroatoms. The van der Waals surface area contributed by atoms with Crippen molar-refractivity contribution < 1.29 is 4.74 Å². The fourth-order valence-electron chi connectivity index (χ4n) is 3.58. The third kappa shape index (κ3) is 3.45. The van der Waals surface area contributed by atoms with Crippen LogP contribution in [0.3, 0.4) is 0 Å². The van der Waals surface area contributed by atoms with Crippen molar-refractivity contribution in [1.29, 1.82) is 0 Å². The lowest BCUT2D eigenvalue weighted by Crippen LogP contribution is -2.45. The second kappa shape index (κ2) is 6.83. The molecule has 0 aliphatic carbocycles. The summed E-state index contributed by atoms with van der Waals surface area (Å²) in [5, 5.41) is 0. The predicted octanol–water partition coefficient (Wildman–Crippen LogP) is 5.93. The topological polar surface area (TPSA) is 24.8 Å². The van der Waals surface area contributed by atoms with Crippen molar-refractivity contribution in [2.45, 2.75) is 38.6 Å². The Balaban J connectivity index is 2.05. The standard InChI is InChI=1S/C21H25BrN2O/c1-14-12-21(2,3)24(4)19-11-20(25-5)15(10-16(14)19)13-23-18-9-7-6-8-17(18)22/h6-11,13-14H,12H2,1-5H3. The first-order valence-corrected chi connectivity index (χ1v) is 9.37. The van der Waals surface area contributed by atoms with Crippen LogP contribution < -0.4 is 9.64 Å². The highest BCUT2D eigenvalue weighted by Gasteiger charge is 2.34. The summed E-state index contributed by atoms with van der Waals surface area (Å²) in [4.78, 5) is 7.00. The van der Waals surface area contributed by atoms with Crippen LogP contribution in [0.2, 0.25) is 0 Å². The molecule has 0 fully saturated rings. The normalized spacial score (nSPS) is 19.1. The summed E-state index contributed by atoms with van der Waals surface area (Å²) in [6.07, 6.45) is 3.02. The highest BCUT2D eigenvalue weighted by atomic mass is 79.9. The van der Waals surface area contributed by atoms with E-state index in [1.807, 2.05) is 30.5 Å². The Morgan fingerprint density at radius 2 is 2.00 bits per heavy atom. The van der Waals surface area contributed by atoms with Gasteiger partial charge in [-0.3, -0.25) is 4.99 Å². The number of aliphatic imine (C=N–C) groups is 1. The van der Waals surface area contributed by atoms with Crippen LogP contribution in [0, 0.1) is 0 Å². The summed E-state index contributed by atoms with van der Waals surface area (Å²) in [6, 6.07) is 12.3. The number of nitrogens with zero attached hydrogens (tertiary/aromatic N) is 2. The third-order valence-electron chi connectivity index (χ3n) is 5.18. The van der Waals surface area contributed by atoms with Gasteiger partial charge in [-0.05, 0) is 65.9 Å². The summed E-state index contributed by atoms with van der Waals surface area (Å²) in [5.74, 6) is 1.36. The van der Waals surface area contributed by atoms with Gasteiger partial charge in [0.25, 0.3) is 0 Å². The summed E-state index contributed by atoms with van der Waals surface area (Å²) >= 11 is 3.54. The lowest BCUT2D eigenvalue weighted by Gasteiger charge is -2.45. The molecule has 0 saturated carbocycles. The highest BCUT2D eigenvalue weighted by molar-refractivity contribution is 9.10. The molecule has 132 valence electrons. The van der Waals surface area contributed by atoms with Gasteiger partial charge in [-0.2, -0.15) is 0 Å². The van der Waals surface area contributed by atoms with Gasteiger partial charge in [-0.15, -0.1) is 0 Å². The fourth-order valence-corrected chi connectivity index (χ4v) is 3.97. The molecular weight excluding hydrogens is 376 g/mol. The van der Waals surface area contributed by atoms with E-state index in [0.29, 0.717) is 5.92 Å². The summed E-state index contributed by atoms with van der Waals surface area (Å²) in [7, 11) is 3.88. The van der Waals surface area contributed by atoms with Gasteiger partial charge in [-0.1, -0.05) is 19.1 Å². The van der Waals surface area contributed by atoms with Crippen LogP contribution in [0.25, 0.3) is 0 Å². The molecule has 3 nitrogen and oxygen atoms in total. The van der Waals surface area contributed by atoms with Crippen molar-refractivity contribution in [1.82, 2.24) is 0 Å². The monoisotopic (exact) mass is 400 g/mol. The van der Waals surface area contributed by atoms with Gasteiger partial charge in [-0.25, -0.2) is 0 Å². The number of ether oxygens (including phenoxy) is 1. The largest absolute Gasteiger partial charge is 0.496 e. The molecule has 1 aliphatic rings. The Hall–Kier alpha value is -1.81. The quantitative estimate of drug-likeness (QED) is 0.596. The zero-order valence-corrected chi connectivity index (χ0v) is 17.1. The van der Waals surface area contributed by atoms with E-state index in [2.05, 4.69) is 65.8 Å². The molecule has 0 amide bonds. The molecule has 0 spiro atoms. The SMILES string of the molecule is COc1cc2c(cc1C=Nc1ccccc1Br)C(C)CC(C)(C)N2C. The van der Waals surface area contributed by atoms with E-state index in [9.17, 15) is 0 Å². The van der Waals surface area contributed by atoms with E-state index in [4.69, 9.17) is 4.74 Å². The molecule has 1 unspecified atom stereocenters. The van der Waals surface area contributed by atoms with E-state index >= 15 is 0 Å². The Morgan fingerprint density at radius 1 is 1.28 bits per heavy atom. The van der Waals surface area contributed by atoms with Gasteiger partial charge >= 0.3 is 0 Å². The number of hydrogen-bond donors (Lipinski definition) is 0. The molecule has 0 N–H and O–H groups in total. The molecule has 1 heterocycles. The number of methoxy groups -OCH3 is 1. The average molecular weight is 401 g/mol. The molecular formula is C21H25BrN2O. The van der Waals surface area contributed by atoms with Crippen LogP contribution >= 0.6 is 15.9 Å². The zero-order valence-electron chi connectivity index (χ0n) is 15.5. The van der Waals surface area contributed by atoms with E-state index < -0.39 is 0 Å². The molecule has 0 aromatic heterocycles. The molecule has 0 saturated heterocycles. The second-order valence-corrected chi connectivity index (χ2v) is 8.19. The Labute approximate surface area is 158 Å². The maximum atomic E-state index is 5.65. The molecule has 2 aromatic carbocycles. The highest BCUT2D eigenvalue weighted by Crippen LogP contribution is 2.44. The van der Waals surface area contributed by atoms with Crippen molar-refractivity contribution in [2.75, 3.05) is 19.1 Å². The number of fused-ring (bicyclic) bond motifs is 1. The first-order chi connectivity index (χ1) is 11.8. The van der Waals surface area contributed by atoms with Gasteiger partial charge in [0.05, 0.1) is 12.8 Å². The summed E-state index contributed by atoms with van der Waals surface area (Å²) in [6.45, 7) is 6.89. The summed E-state index contributed by atoms with van der Waals surface area (Å²) in [5.41, 5.74) is 4.67. The Bertz CT molecular complexity index is 814. The number of halogens is 1. The van der Waals surface area contributed by atoms with E-state index in [1.165, 1.54) is 11.3 Å². The van der Waals surface area contributed by atoms with Gasteiger partial charge in [0.2, 0.25) is 0 Å². The molecule has 0 bridgehead atoms. The minimum Gasteiger partial charge on any atom is -0.496 e. The van der Waals surface area contributed by atoms with Gasteiger partial charge in [0.15, 0.2) is 0 Å². The minimum atomic E-state index is 0.141. The van der Waals surface area contributed by atoms with Crippen LogP contribution in [-0.2, 0) is 0 Å². The lowest BCUT2D eigenvalue weighted by atomic mass is 9.80. The van der Waals surface area contributed by atoms with Gasteiger partial charge < -0.3 is 9.64 Å². The molecule has 0 radical (unpaired) electrons. The first kappa shape index (κ1) is 18.0. The maximum absolute atomic E-state index is 5.65. The van der Waals surface area contributed by atoms with Gasteiger partial charge in [0.1, 0.15) is 5.75 Å². The van der Waals surface area contributed by atoms with Crippen molar-refractivity contribution in [2.24, 2.45) is 4.99 Å².